The van der Waals surface area contributed by atoms with Gasteiger partial charge < -0.3 is 9.47 Å². The number of pyridine rings is 1. The minimum atomic E-state index is -0.00869. The molecule has 2 rings (SSSR count). The minimum Gasteiger partial charge on any atom is -0.493 e. The highest BCUT2D eigenvalue weighted by atomic mass is 16.5. The van der Waals surface area contributed by atoms with Crippen LogP contribution < -0.4 is 9.47 Å². The molecule has 1 heterocycles. The molecule has 4 nitrogen and oxygen atoms in total. The summed E-state index contributed by atoms with van der Waals surface area (Å²) in [5.41, 5.74) is 2.10. The van der Waals surface area contributed by atoms with Crippen molar-refractivity contribution >= 4 is 5.78 Å². The standard InChI is InChI=1S/C18H21NO3/c1-4-22-18-12-15(5-6-17(18)21-3)16(11-13(2)20)14-7-9-19-10-8-14/h5-10,12,16H,4,11H2,1-3H3. The second kappa shape index (κ2) is 7.59. The van der Waals surface area contributed by atoms with Gasteiger partial charge in [-0.05, 0) is 49.2 Å². The molecule has 0 aliphatic carbocycles. The third kappa shape index (κ3) is 3.85. The van der Waals surface area contributed by atoms with Gasteiger partial charge in [-0.1, -0.05) is 6.07 Å². The Labute approximate surface area is 131 Å². The topological polar surface area (TPSA) is 48.4 Å². The Balaban J connectivity index is 2.43. The van der Waals surface area contributed by atoms with E-state index in [0.29, 0.717) is 24.5 Å². The maximum atomic E-state index is 11.7. The van der Waals surface area contributed by atoms with E-state index in [1.165, 1.54) is 0 Å². The lowest BCUT2D eigenvalue weighted by molar-refractivity contribution is -0.117. The van der Waals surface area contributed by atoms with Crippen molar-refractivity contribution in [2.24, 2.45) is 0 Å². The third-order valence-electron chi connectivity index (χ3n) is 3.49. The largest absolute Gasteiger partial charge is 0.493 e. The minimum absolute atomic E-state index is 0.00869. The van der Waals surface area contributed by atoms with Gasteiger partial charge in [-0.2, -0.15) is 0 Å². The molecular formula is C18H21NO3. The second-order valence-electron chi connectivity index (χ2n) is 5.08. The molecule has 0 amide bonds. The summed E-state index contributed by atoms with van der Waals surface area (Å²) in [6.07, 6.45) is 3.94. The van der Waals surface area contributed by atoms with Gasteiger partial charge in [-0.15, -0.1) is 0 Å². The van der Waals surface area contributed by atoms with Gasteiger partial charge >= 0.3 is 0 Å². The van der Waals surface area contributed by atoms with Crippen molar-refractivity contribution < 1.29 is 14.3 Å². The zero-order chi connectivity index (χ0) is 15.9. The first kappa shape index (κ1) is 16.0. The Morgan fingerprint density at radius 3 is 2.45 bits per heavy atom. The number of aromatic nitrogens is 1. The predicted octanol–water partition coefficient (Wildman–Crippen LogP) is 3.60. The Bertz CT molecular complexity index is 625. The van der Waals surface area contributed by atoms with Crippen LogP contribution in [0.1, 0.15) is 37.3 Å². The van der Waals surface area contributed by atoms with Crippen LogP contribution in [0.5, 0.6) is 11.5 Å². The van der Waals surface area contributed by atoms with E-state index < -0.39 is 0 Å². The monoisotopic (exact) mass is 299 g/mol. The van der Waals surface area contributed by atoms with Gasteiger partial charge in [0.05, 0.1) is 13.7 Å². The first-order chi connectivity index (χ1) is 10.7. The lowest BCUT2D eigenvalue weighted by atomic mass is 9.87. The molecule has 22 heavy (non-hydrogen) atoms. The number of benzene rings is 1. The third-order valence-corrected chi connectivity index (χ3v) is 3.49. The van der Waals surface area contributed by atoms with E-state index in [0.717, 1.165) is 11.1 Å². The molecule has 0 radical (unpaired) electrons. The number of carbonyl (C=O) groups excluding carboxylic acids is 1. The highest BCUT2D eigenvalue weighted by Crippen LogP contribution is 2.35. The van der Waals surface area contributed by atoms with Crippen molar-refractivity contribution in [2.45, 2.75) is 26.2 Å². The first-order valence-corrected chi connectivity index (χ1v) is 7.35. The number of hydrogen-bond acceptors (Lipinski definition) is 4. The summed E-state index contributed by atoms with van der Waals surface area (Å²) < 4.78 is 11.0. The first-order valence-electron chi connectivity index (χ1n) is 7.35. The number of ketones is 1. The molecule has 1 unspecified atom stereocenters. The Morgan fingerprint density at radius 1 is 1.14 bits per heavy atom. The quantitative estimate of drug-likeness (QED) is 0.783. The summed E-state index contributed by atoms with van der Waals surface area (Å²) in [6, 6.07) is 9.71. The van der Waals surface area contributed by atoms with Crippen molar-refractivity contribution in [3.05, 3.63) is 53.9 Å². The van der Waals surface area contributed by atoms with Crippen LogP contribution in [0.2, 0.25) is 0 Å². The second-order valence-corrected chi connectivity index (χ2v) is 5.08. The van der Waals surface area contributed by atoms with Crippen LogP contribution in [0.3, 0.4) is 0 Å². The van der Waals surface area contributed by atoms with E-state index in [2.05, 4.69) is 4.98 Å². The summed E-state index contributed by atoms with van der Waals surface area (Å²) in [5, 5.41) is 0. The van der Waals surface area contributed by atoms with Crippen LogP contribution in [0, 0.1) is 0 Å². The summed E-state index contributed by atoms with van der Waals surface area (Å²) in [4.78, 5) is 15.7. The molecule has 2 aromatic rings. The maximum Gasteiger partial charge on any atom is 0.161 e. The van der Waals surface area contributed by atoms with Crippen LogP contribution in [0.25, 0.3) is 0 Å². The molecule has 0 saturated heterocycles. The number of methoxy groups -OCH3 is 1. The van der Waals surface area contributed by atoms with Crippen molar-refractivity contribution in [2.75, 3.05) is 13.7 Å². The lowest BCUT2D eigenvalue weighted by Gasteiger charge is -2.18. The van der Waals surface area contributed by atoms with E-state index in [9.17, 15) is 4.79 Å². The summed E-state index contributed by atoms with van der Waals surface area (Å²) in [5.74, 6) is 1.54. The molecule has 116 valence electrons. The molecule has 0 aliphatic rings. The molecule has 0 spiro atoms. The molecule has 0 bridgehead atoms. The average Bonchev–Trinajstić information content (AvgIpc) is 2.53. The Kier molecular flexibility index (Phi) is 5.53. The highest BCUT2D eigenvalue weighted by molar-refractivity contribution is 5.77. The molecule has 1 atom stereocenters. The van der Waals surface area contributed by atoms with E-state index in [4.69, 9.17) is 9.47 Å². The lowest BCUT2D eigenvalue weighted by Crippen LogP contribution is -2.07. The zero-order valence-corrected chi connectivity index (χ0v) is 13.2. The number of carbonyl (C=O) groups is 1. The smallest absolute Gasteiger partial charge is 0.161 e. The average molecular weight is 299 g/mol. The summed E-state index contributed by atoms with van der Waals surface area (Å²) in [6.45, 7) is 4.11. The number of ether oxygens (including phenoxy) is 2. The number of Topliss-reactive ketones (excluding diaryl/α,β-unsaturated/α-hetero) is 1. The normalized spacial score (nSPS) is 11.8. The molecule has 0 N–H and O–H groups in total. The van der Waals surface area contributed by atoms with Gasteiger partial charge in [0.1, 0.15) is 5.78 Å². The highest BCUT2D eigenvalue weighted by Gasteiger charge is 2.18. The molecule has 0 aliphatic heterocycles. The Morgan fingerprint density at radius 2 is 1.86 bits per heavy atom. The van der Waals surface area contributed by atoms with E-state index >= 15 is 0 Å². The van der Waals surface area contributed by atoms with Gasteiger partial charge in [0.2, 0.25) is 0 Å². The molecular weight excluding hydrogens is 278 g/mol. The van der Waals surface area contributed by atoms with Crippen molar-refractivity contribution in [3.8, 4) is 11.5 Å². The molecule has 0 fully saturated rings. The fraction of sp³-hybridized carbons (Fsp3) is 0.333. The SMILES string of the molecule is CCOc1cc(C(CC(C)=O)c2ccncc2)ccc1OC. The summed E-state index contributed by atoms with van der Waals surface area (Å²) >= 11 is 0. The van der Waals surface area contributed by atoms with E-state index in [-0.39, 0.29) is 11.7 Å². The van der Waals surface area contributed by atoms with E-state index in [1.807, 2.05) is 37.3 Å². The van der Waals surface area contributed by atoms with Crippen LogP contribution in [-0.4, -0.2) is 24.5 Å². The van der Waals surface area contributed by atoms with Crippen LogP contribution in [0.15, 0.2) is 42.7 Å². The predicted molar refractivity (Wildman–Crippen MR) is 85.5 cm³/mol. The van der Waals surface area contributed by atoms with Crippen molar-refractivity contribution in [3.63, 3.8) is 0 Å². The van der Waals surface area contributed by atoms with E-state index in [1.54, 1.807) is 26.4 Å². The number of nitrogens with zero attached hydrogens (tertiary/aromatic N) is 1. The van der Waals surface area contributed by atoms with Crippen LogP contribution in [0.4, 0.5) is 0 Å². The molecule has 1 aromatic carbocycles. The molecule has 1 aromatic heterocycles. The van der Waals surface area contributed by atoms with Crippen LogP contribution >= 0.6 is 0 Å². The van der Waals surface area contributed by atoms with Gasteiger partial charge in [0.25, 0.3) is 0 Å². The fourth-order valence-corrected chi connectivity index (χ4v) is 2.49. The Hall–Kier alpha value is -2.36. The summed E-state index contributed by atoms with van der Waals surface area (Å²) in [7, 11) is 1.62. The van der Waals surface area contributed by atoms with Crippen molar-refractivity contribution in [1.82, 2.24) is 4.98 Å². The van der Waals surface area contributed by atoms with Crippen LogP contribution in [-0.2, 0) is 4.79 Å². The fourth-order valence-electron chi connectivity index (χ4n) is 2.49. The zero-order valence-electron chi connectivity index (χ0n) is 13.2. The number of rotatable bonds is 7. The number of hydrogen-bond donors (Lipinski definition) is 0. The maximum absolute atomic E-state index is 11.7. The molecule has 0 saturated carbocycles. The van der Waals surface area contributed by atoms with Gasteiger partial charge in [0.15, 0.2) is 11.5 Å². The van der Waals surface area contributed by atoms with Crippen molar-refractivity contribution in [1.29, 1.82) is 0 Å². The van der Waals surface area contributed by atoms with Gasteiger partial charge in [0, 0.05) is 24.7 Å². The van der Waals surface area contributed by atoms with Gasteiger partial charge in [-0.25, -0.2) is 0 Å². The van der Waals surface area contributed by atoms with Gasteiger partial charge in [-0.3, -0.25) is 9.78 Å². The molecule has 4 heteroatoms.